The molecule has 3 aromatic rings. The van der Waals surface area contributed by atoms with E-state index in [2.05, 4.69) is 4.98 Å². The van der Waals surface area contributed by atoms with Gasteiger partial charge in [0.05, 0.1) is 0 Å². The van der Waals surface area contributed by atoms with E-state index in [1.54, 1.807) is 23.2 Å². The van der Waals surface area contributed by atoms with Crippen molar-refractivity contribution in [1.29, 1.82) is 0 Å². The number of benzene rings is 1. The first kappa shape index (κ1) is 17.3. The van der Waals surface area contributed by atoms with E-state index in [4.69, 9.17) is 4.74 Å². The summed E-state index contributed by atoms with van der Waals surface area (Å²) in [7, 11) is 0. The number of imidazole rings is 1. The first-order valence-corrected chi connectivity index (χ1v) is 9.13. The van der Waals surface area contributed by atoms with Gasteiger partial charge in [-0.25, -0.2) is 9.78 Å². The van der Waals surface area contributed by atoms with E-state index in [0.29, 0.717) is 24.3 Å². The number of nitrogens with zero attached hydrogens (tertiary/aromatic N) is 3. The summed E-state index contributed by atoms with van der Waals surface area (Å²) in [5, 5.41) is 0. The van der Waals surface area contributed by atoms with Crippen molar-refractivity contribution in [3.05, 3.63) is 71.7 Å². The number of fused-ring (bicyclic) bond motifs is 1. The molecule has 1 unspecified atom stereocenters. The lowest BCUT2D eigenvalue weighted by molar-refractivity contribution is -0.140. The summed E-state index contributed by atoms with van der Waals surface area (Å²) in [6, 6.07) is 14.8. The van der Waals surface area contributed by atoms with Gasteiger partial charge in [0.25, 0.3) is 5.91 Å². The fourth-order valence-electron chi connectivity index (χ4n) is 3.41. The van der Waals surface area contributed by atoms with E-state index < -0.39 is 12.1 Å². The van der Waals surface area contributed by atoms with Gasteiger partial charge < -0.3 is 14.0 Å². The monoisotopic (exact) mass is 363 g/mol. The van der Waals surface area contributed by atoms with Gasteiger partial charge in [-0.15, -0.1) is 0 Å². The van der Waals surface area contributed by atoms with Crippen molar-refractivity contribution in [2.24, 2.45) is 0 Å². The number of esters is 1. The Kier molecular flexibility index (Phi) is 4.62. The molecule has 1 amide bonds. The number of carbonyl (C=O) groups is 2. The first-order valence-electron chi connectivity index (χ1n) is 9.13. The van der Waals surface area contributed by atoms with E-state index >= 15 is 0 Å². The second-order valence-corrected chi connectivity index (χ2v) is 6.75. The number of carbonyl (C=O) groups excluding carboxylic acids is 2. The second kappa shape index (κ2) is 7.23. The molecule has 0 saturated carbocycles. The quantitative estimate of drug-likeness (QED) is 0.668. The van der Waals surface area contributed by atoms with E-state index in [1.807, 2.05) is 47.7 Å². The van der Waals surface area contributed by atoms with Gasteiger partial charge in [0.2, 0.25) is 6.10 Å². The predicted molar refractivity (Wildman–Crippen MR) is 100 cm³/mol. The summed E-state index contributed by atoms with van der Waals surface area (Å²) in [4.78, 5) is 31.8. The van der Waals surface area contributed by atoms with Crippen molar-refractivity contribution in [2.45, 2.75) is 25.9 Å². The van der Waals surface area contributed by atoms with Crippen LogP contribution in [0.4, 0.5) is 0 Å². The van der Waals surface area contributed by atoms with E-state index in [9.17, 15) is 9.59 Å². The molecule has 1 atom stereocenters. The highest BCUT2D eigenvalue weighted by molar-refractivity contribution is 5.91. The Morgan fingerprint density at radius 3 is 2.48 bits per heavy atom. The minimum atomic E-state index is -0.956. The van der Waals surface area contributed by atoms with Crippen molar-refractivity contribution < 1.29 is 14.3 Å². The molecule has 2 aromatic heterocycles. The first-order chi connectivity index (χ1) is 13.1. The molecule has 0 aliphatic carbocycles. The molecule has 6 heteroatoms. The number of pyridine rings is 1. The summed E-state index contributed by atoms with van der Waals surface area (Å²) in [5.41, 5.74) is 2.50. The fraction of sp³-hybridized carbons (Fsp3) is 0.286. The standard InChI is InChI=1S/C21H21N3O3/c1-15-8-7-11-18-22-17(14-24(15)18)21(26)27-19(16-9-3-2-4-10-16)20(25)23-12-5-6-13-23/h2-4,7-11,14,19H,5-6,12-13H2,1H3. The van der Waals surface area contributed by atoms with Crippen LogP contribution in [-0.4, -0.2) is 39.3 Å². The number of ether oxygens (including phenoxy) is 1. The fourth-order valence-corrected chi connectivity index (χ4v) is 3.41. The van der Waals surface area contributed by atoms with Crippen LogP contribution in [0.1, 0.15) is 40.7 Å². The predicted octanol–water partition coefficient (Wildman–Crippen LogP) is 3.16. The zero-order valence-electron chi connectivity index (χ0n) is 15.2. The minimum absolute atomic E-state index is 0.174. The lowest BCUT2D eigenvalue weighted by Gasteiger charge is -2.23. The number of amides is 1. The van der Waals surface area contributed by atoms with Gasteiger partial charge in [-0.2, -0.15) is 0 Å². The Balaban J connectivity index is 1.62. The van der Waals surface area contributed by atoms with Crippen molar-refractivity contribution in [3.8, 4) is 0 Å². The van der Waals surface area contributed by atoms with Crippen molar-refractivity contribution in [2.75, 3.05) is 13.1 Å². The smallest absolute Gasteiger partial charge is 0.359 e. The average Bonchev–Trinajstić information content (AvgIpc) is 3.36. The molecule has 0 bridgehead atoms. The number of likely N-dealkylation sites (tertiary alicyclic amines) is 1. The van der Waals surface area contributed by atoms with E-state index in [1.165, 1.54) is 0 Å². The number of hydrogen-bond acceptors (Lipinski definition) is 4. The summed E-state index contributed by atoms with van der Waals surface area (Å²) >= 11 is 0. The third kappa shape index (κ3) is 3.43. The van der Waals surface area contributed by atoms with Crippen LogP contribution in [0.15, 0.2) is 54.7 Å². The van der Waals surface area contributed by atoms with Crippen LogP contribution >= 0.6 is 0 Å². The van der Waals surface area contributed by atoms with E-state index in [0.717, 1.165) is 18.5 Å². The topological polar surface area (TPSA) is 63.9 Å². The van der Waals surface area contributed by atoms with E-state index in [-0.39, 0.29) is 11.6 Å². The summed E-state index contributed by atoms with van der Waals surface area (Å²) in [6.07, 6.45) is 2.65. The molecule has 1 aliphatic rings. The number of rotatable bonds is 4. The molecule has 3 heterocycles. The van der Waals surface area contributed by atoms with Crippen LogP contribution in [0.2, 0.25) is 0 Å². The van der Waals surface area contributed by atoms with Gasteiger partial charge in [-0.1, -0.05) is 36.4 Å². The second-order valence-electron chi connectivity index (χ2n) is 6.75. The molecule has 1 aromatic carbocycles. The van der Waals surface area contributed by atoms with Crippen LogP contribution < -0.4 is 0 Å². The Morgan fingerprint density at radius 1 is 1.04 bits per heavy atom. The van der Waals surface area contributed by atoms with Crippen LogP contribution in [0.5, 0.6) is 0 Å². The number of aromatic nitrogens is 2. The van der Waals surface area contributed by atoms with Gasteiger partial charge in [0.15, 0.2) is 5.69 Å². The molecule has 0 N–H and O–H groups in total. The molecule has 1 saturated heterocycles. The summed E-state index contributed by atoms with van der Waals surface area (Å²) in [5.74, 6) is -0.772. The highest BCUT2D eigenvalue weighted by Crippen LogP contribution is 2.24. The zero-order chi connectivity index (χ0) is 18.8. The Bertz CT molecular complexity index is 975. The molecule has 1 aliphatic heterocycles. The van der Waals surface area contributed by atoms with Gasteiger partial charge in [-0.05, 0) is 31.9 Å². The number of aryl methyl sites for hydroxylation is 1. The molecule has 6 nitrogen and oxygen atoms in total. The van der Waals surface area contributed by atoms with Crippen LogP contribution in [0, 0.1) is 6.92 Å². The maximum Gasteiger partial charge on any atom is 0.359 e. The SMILES string of the molecule is Cc1cccc2nc(C(=O)OC(C(=O)N3CCCC3)c3ccccc3)cn12. The molecule has 27 heavy (non-hydrogen) atoms. The van der Waals surface area contributed by atoms with Gasteiger partial charge in [0, 0.05) is 30.5 Å². The van der Waals surface area contributed by atoms with Crippen molar-refractivity contribution in [1.82, 2.24) is 14.3 Å². The molecule has 0 spiro atoms. The Morgan fingerprint density at radius 2 is 1.78 bits per heavy atom. The molecular formula is C21H21N3O3. The third-order valence-electron chi connectivity index (χ3n) is 4.87. The largest absolute Gasteiger partial charge is 0.443 e. The third-order valence-corrected chi connectivity index (χ3v) is 4.87. The Hall–Kier alpha value is -3.15. The molecular weight excluding hydrogens is 342 g/mol. The maximum absolute atomic E-state index is 13.0. The maximum atomic E-state index is 13.0. The highest BCUT2D eigenvalue weighted by atomic mass is 16.5. The van der Waals surface area contributed by atoms with Gasteiger partial charge >= 0.3 is 5.97 Å². The lowest BCUT2D eigenvalue weighted by atomic mass is 10.1. The van der Waals surface area contributed by atoms with Crippen molar-refractivity contribution in [3.63, 3.8) is 0 Å². The highest BCUT2D eigenvalue weighted by Gasteiger charge is 2.31. The molecule has 1 fully saturated rings. The summed E-state index contributed by atoms with van der Waals surface area (Å²) in [6.45, 7) is 3.34. The molecule has 138 valence electrons. The number of hydrogen-bond donors (Lipinski definition) is 0. The van der Waals surface area contributed by atoms with Crippen LogP contribution in [0.25, 0.3) is 5.65 Å². The molecule has 4 rings (SSSR count). The minimum Gasteiger partial charge on any atom is -0.443 e. The normalized spacial score (nSPS) is 15.1. The van der Waals surface area contributed by atoms with Crippen LogP contribution in [0.3, 0.4) is 0 Å². The lowest BCUT2D eigenvalue weighted by Crippen LogP contribution is -2.34. The molecule has 0 radical (unpaired) electrons. The zero-order valence-corrected chi connectivity index (χ0v) is 15.2. The summed E-state index contributed by atoms with van der Waals surface area (Å²) < 4.78 is 7.49. The van der Waals surface area contributed by atoms with Crippen molar-refractivity contribution >= 4 is 17.5 Å². The average molecular weight is 363 g/mol. The van der Waals surface area contributed by atoms with Gasteiger partial charge in [0.1, 0.15) is 5.65 Å². The Labute approximate surface area is 157 Å². The van der Waals surface area contributed by atoms with Gasteiger partial charge in [-0.3, -0.25) is 4.79 Å². The van der Waals surface area contributed by atoms with Crippen LogP contribution in [-0.2, 0) is 9.53 Å².